The summed E-state index contributed by atoms with van der Waals surface area (Å²) in [7, 11) is 0. The number of rotatable bonds is 3. The Morgan fingerprint density at radius 1 is 1.29 bits per heavy atom. The van der Waals surface area contributed by atoms with Gasteiger partial charge in [-0.2, -0.15) is 0 Å². The lowest BCUT2D eigenvalue weighted by atomic mass is 10.2. The van der Waals surface area contributed by atoms with Gasteiger partial charge in [0.1, 0.15) is 17.2 Å². The van der Waals surface area contributed by atoms with E-state index in [1.54, 1.807) is 0 Å². The van der Waals surface area contributed by atoms with Crippen molar-refractivity contribution in [3.05, 3.63) is 35.7 Å². The van der Waals surface area contributed by atoms with Gasteiger partial charge in [-0.1, -0.05) is 30.0 Å². The topological polar surface area (TPSA) is 57.0 Å². The highest BCUT2D eigenvalue weighted by atomic mass is 32.2. The molecule has 1 aromatic carbocycles. The van der Waals surface area contributed by atoms with Crippen molar-refractivity contribution in [2.45, 2.75) is 43.7 Å². The molecule has 0 aliphatic carbocycles. The first-order chi connectivity index (χ1) is 10.1. The van der Waals surface area contributed by atoms with Crippen molar-refractivity contribution in [1.82, 2.24) is 14.8 Å². The van der Waals surface area contributed by atoms with Crippen LogP contribution in [0.25, 0.3) is 5.69 Å². The number of carbonyl (C=O) groups is 1. The van der Waals surface area contributed by atoms with E-state index < -0.39 is 0 Å². The summed E-state index contributed by atoms with van der Waals surface area (Å²) >= 11 is 1.43. The van der Waals surface area contributed by atoms with Crippen LogP contribution in [0.15, 0.2) is 29.4 Å². The number of benzene rings is 1. The molecule has 1 aliphatic rings. The summed E-state index contributed by atoms with van der Waals surface area (Å²) in [6, 6.07) is 8.07. The van der Waals surface area contributed by atoms with Gasteiger partial charge in [0.15, 0.2) is 5.16 Å². The summed E-state index contributed by atoms with van der Waals surface area (Å²) in [6.45, 7) is 5.88. The zero-order valence-electron chi connectivity index (χ0n) is 12.2. The van der Waals surface area contributed by atoms with Crippen molar-refractivity contribution in [1.29, 1.82) is 0 Å². The number of carbonyl (C=O) groups excluding carboxylic acids is 1. The fourth-order valence-electron chi connectivity index (χ4n) is 2.45. The van der Waals surface area contributed by atoms with E-state index in [1.807, 2.05) is 36.6 Å². The minimum Gasteiger partial charge on any atom is -0.462 e. The van der Waals surface area contributed by atoms with Crippen molar-refractivity contribution in [2.75, 3.05) is 0 Å². The molecule has 0 amide bonds. The first kappa shape index (κ1) is 14.1. The van der Waals surface area contributed by atoms with Crippen LogP contribution in [0, 0.1) is 13.8 Å². The Morgan fingerprint density at radius 3 is 2.71 bits per heavy atom. The molecule has 1 aliphatic heterocycles. The van der Waals surface area contributed by atoms with Gasteiger partial charge in [0.05, 0.1) is 5.69 Å². The minimum absolute atomic E-state index is 0.0223. The second kappa shape index (κ2) is 5.52. The smallest absolute Gasteiger partial charge is 0.319 e. The van der Waals surface area contributed by atoms with Crippen LogP contribution in [0.2, 0.25) is 0 Å². The number of ether oxygens (including phenoxy) is 1. The van der Waals surface area contributed by atoms with Gasteiger partial charge in [0.25, 0.3) is 0 Å². The number of hydrogen-bond donors (Lipinski definition) is 0. The van der Waals surface area contributed by atoms with Gasteiger partial charge >= 0.3 is 5.97 Å². The van der Waals surface area contributed by atoms with E-state index in [2.05, 4.69) is 23.2 Å². The number of esters is 1. The van der Waals surface area contributed by atoms with E-state index in [0.29, 0.717) is 6.42 Å². The van der Waals surface area contributed by atoms with E-state index in [0.717, 1.165) is 22.2 Å². The second-order valence-corrected chi connectivity index (χ2v) is 6.41. The zero-order chi connectivity index (χ0) is 15.0. The molecule has 2 unspecified atom stereocenters. The molecule has 6 heteroatoms. The van der Waals surface area contributed by atoms with Crippen LogP contribution in [0.5, 0.6) is 0 Å². The molecule has 3 rings (SSSR count). The fourth-order valence-corrected chi connectivity index (χ4v) is 3.65. The monoisotopic (exact) mass is 303 g/mol. The molecule has 1 saturated heterocycles. The Hall–Kier alpha value is -1.82. The number of hydrogen-bond acceptors (Lipinski definition) is 5. The molecule has 0 bridgehead atoms. The van der Waals surface area contributed by atoms with Gasteiger partial charge < -0.3 is 4.74 Å². The Morgan fingerprint density at radius 2 is 2.05 bits per heavy atom. The molecular weight excluding hydrogens is 286 g/mol. The lowest BCUT2D eigenvalue weighted by Gasteiger charge is -2.12. The molecule has 2 heterocycles. The minimum atomic E-state index is -0.202. The molecule has 1 aromatic heterocycles. The predicted molar refractivity (Wildman–Crippen MR) is 80.6 cm³/mol. The number of para-hydroxylation sites is 1. The van der Waals surface area contributed by atoms with Gasteiger partial charge in [-0.25, -0.2) is 0 Å². The number of nitrogens with zero attached hydrogens (tertiary/aromatic N) is 3. The van der Waals surface area contributed by atoms with Gasteiger partial charge in [0.2, 0.25) is 0 Å². The van der Waals surface area contributed by atoms with Crippen LogP contribution in [0.1, 0.15) is 24.7 Å². The molecule has 0 radical (unpaired) electrons. The van der Waals surface area contributed by atoms with E-state index >= 15 is 0 Å². The Bertz CT molecular complexity index is 683. The Labute approximate surface area is 127 Å². The first-order valence-corrected chi connectivity index (χ1v) is 7.79. The van der Waals surface area contributed by atoms with Crippen LogP contribution in [-0.4, -0.2) is 32.1 Å². The lowest BCUT2D eigenvalue weighted by molar-refractivity contribution is -0.140. The van der Waals surface area contributed by atoms with Crippen LogP contribution in [0.3, 0.4) is 0 Å². The van der Waals surface area contributed by atoms with E-state index in [9.17, 15) is 4.79 Å². The van der Waals surface area contributed by atoms with Crippen molar-refractivity contribution >= 4 is 17.7 Å². The summed E-state index contributed by atoms with van der Waals surface area (Å²) in [6.07, 6.45) is 0.689. The summed E-state index contributed by atoms with van der Waals surface area (Å²) in [4.78, 5) is 11.8. The summed E-state index contributed by atoms with van der Waals surface area (Å²) < 4.78 is 7.20. The molecule has 5 nitrogen and oxygen atoms in total. The fraction of sp³-hybridized carbons (Fsp3) is 0.400. The molecule has 0 saturated carbocycles. The van der Waals surface area contributed by atoms with Gasteiger partial charge in [0, 0.05) is 6.42 Å². The maximum absolute atomic E-state index is 11.8. The highest BCUT2D eigenvalue weighted by Crippen LogP contribution is 2.33. The molecule has 2 atom stereocenters. The van der Waals surface area contributed by atoms with Crippen LogP contribution < -0.4 is 0 Å². The average molecular weight is 303 g/mol. The van der Waals surface area contributed by atoms with Crippen molar-refractivity contribution in [3.8, 4) is 5.69 Å². The standard InChI is InChI=1S/C15H17N3O2S/c1-9-6-4-5-7-12(9)18-11(3)16-17-15(18)21-13-8-10(2)20-14(13)19/h4-7,10,13H,8H2,1-3H3. The molecule has 1 fully saturated rings. The molecular formula is C15H17N3O2S. The van der Waals surface area contributed by atoms with Crippen LogP contribution in [-0.2, 0) is 9.53 Å². The summed E-state index contributed by atoms with van der Waals surface area (Å²) in [5, 5.41) is 8.92. The van der Waals surface area contributed by atoms with Crippen LogP contribution >= 0.6 is 11.8 Å². The van der Waals surface area contributed by atoms with Crippen molar-refractivity contribution in [3.63, 3.8) is 0 Å². The van der Waals surface area contributed by atoms with Gasteiger partial charge in [-0.3, -0.25) is 9.36 Å². The van der Waals surface area contributed by atoms with E-state index in [4.69, 9.17) is 4.74 Å². The van der Waals surface area contributed by atoms with Gasteiger partial charge in [-0.15, -0.1) is 10.2 Å². The largest absolute Gasteiger partial charge is 0.462 e. The maximum Gasteiger partial charge on any atom is 0.319 e. The highest BCUT2D eigenvalue weighted by Gasteiger charge is 2.34. The summed E-state index contributed by atoms with van der Waals surface area (Å²) in [5.41, 5.74) is 2.19. The van der Waals surface area contributed by atoms with E-state index in [-0.39, 0.29) is 17.3 Å². The quantitative estimate of drug-likeness (QED) is 0.816. The summed E-state index contributed by atoms with van der Waals surface area (Å²) in [5.74, 6) is 0.649. The first-order valence-electron chi connectivity index (χ1n) is 6.91. The highest BCUT2D eigenvalue weighted by molar-refractivity contribution is 8.00. The van der Waals surface area contributed by atoms with Crippen molar-refractivity contribution < 1.29 is 9.53 Å². The molecule has 21 heavy (non-hydrogen) atoms. The number of aromatic nitrogens is 3. The van der Waals surface area contributed by atoms with E-state index in [1.165, 1.54) is 11.8 Å². The second-order valence-electron chi connectivity index (χ2n) is 5.24. The average Bonchev–Trinajstić information content (AvgIpc) is 2.94. The normalized spacial score (nSPS) is 21.6. The van der Waals surface area contributed by atoms with Crippen LogP contribution in [0.4, 0.5) is 0 Å². The SMILES string of the molecule is Cc1ccccc1-n1c(C)nnc1SC1CC(C)OC1=O. The lowest BCUT2D eigenvalue weighted by Crippen LogP contribution is -2.11. The number of aryl methyl sites for hydroxylation is 2. The molecule has 2 aromatic rings. The third-order valence-corrected chi connectivity index (χ3v) is 4.67. The zero-order valence-corrected chi connectivity index (χ0v) is 13.1. The number of cyclic esters (lactones) is 1. The Balaban J connectivity index is 1.95. The third-order valence-electron chi connectivity index (χ3n) is 3.53. The predicted octanol–water partition coefficient (Wildman–Crippen LogP) is 2.68. The number of thioether (sulfide) groups is 1. The Kier molecular flexibility index (Phi) is 3.71. The van der Waals surface area contributed by atoms with Gasteiger partial charge in [-0.05, 0) is 32.4 Å². The molecule has 0 N–H and O–H groups in total. The van der Waals surface area contributed by atoms with Crippen molar-refractivity contribution in [2.24, 2.45) is 0 Å². The molecule has 0 spiro atoms. The maximum atomic E-state index is 11.8. The molecule has 110 valence electrons. The third kappa shape index (κ3) is 2.68.